The molecule has 0 saturated carbocycles. The molecule has 7 heteroatoms. The molecule has 2 heterocycles. The number of aliphatic hydroxyl groups excluding tert-OH is 1. The van der Waals surface area contributed by atoms with Crippen LogP contribution in [0.15, 0.2) is 21.9 Å². The zero-order chi connectivity index (χ0) is 11.9. The van der Waals surface area contributed by atoms with Crippen LogP contribution in [-0.4, -0.2) is 33.0 Å². The SMILES string of the molecule is C[C@H]1O[C@@H](n2ccc(=O)[nH]c2=O)[C@@H](F)[C@@H]1O. The molecule has 1 aliphatic heterocycles. The molecule has 1 aromatic rings. The number of aromatic amines is 1. The van der Waals surface area contributed by atoms with Gasteiger partial charge in [0.25, 0.3) is 5.56 Å². The summed E-state index contributed by atoms with van der Waals surface area (Å²) in [6, 6.07) is 1.09. The van der Waals surface area contributed by atoms with Crippen molar-refractivity contribution in [3.8, 4) is 0 Å². The fraction of sp³-hybridized carbons (Fsp3) is 0.556. The number of H-pyrrole nitrogens is 1. The lowest BCUT2D eigenvalue weighted by Gasteiger charge is -2.14. The van der Waals surface area contributed by atoms with Gasteiger partial charge in [-0.2, -0.15) is 0 Å². The highest BCUT2D eigenvalue weighted by Crippen LogP contribution is 2.30. The van der Waals surface area contributed by atoms with Crippen molar-refractivity contribution in [3.63, 3.8) is 0 Å². The molecule has 0 amide bonds. The Morgan fingerprint density at radius 1 is 1.56 bits per heavy atom. The normalized spacial score (nSPS) is 34.2. The minimum atomic E-state index is -1.70. The van der Waals surface area contributed by atoms with Gasteiger partial charge in [0.15, 0.2) is 12.4 Å². The van der Waals surface area contributed by atoms with Crippen LogP contribution in [0.5, 0.6) is 0 Å². The van der Waals surface area contributed by atoms with E-state index in [9.17, 15) is 19.1 Å². The third-order valence-corrected chi connectivity index (χ3v) is 2.56. The monoisotopic (exact) mass is 230 g/mol. The third kappa shape index (κ3) is 1.68. The molecule has 16 heavy (non-hydrogen) atoms. The number of rotatable bonds is 1. The zero-order valence-electron chi connectivity index (χ0n) is 8.46. The van der Waals surface area contributed by atoms with E-state index >= 15 is 0 Å². The number of alkyl halides is 1. The van der Waals surface area contributed by atoms with Crippen LogP contribution in [0.25, 0.3) is 0 Å². The van der Waals surface area contributed by atoms with Crippen molar-refractivity contribution in [1.82, 2.24) is 9.55 Å². The van der Waals surface area contributed by atoms with Crippen LogP contribution in [0.1, 0.15) is 13.2 Å². The minimum Gasteiger partial charge on any atom is -0.387 e. The van der Waals surface area contributed by atoms with Crippen molar-refractivity contribution in [3.05, 3.63) is 33.1 Å². The van der Waals surface area contributed by atoms with E-state index in [1.165, 1.54) is 6.92 Å². The first kappa shape index (κ1) is 11.0. The lowest BCUT2D eigenvalue weighted by molar-refractivity contribution is -0.0185. The Balaban J connectivity index is 2.39. The van der Waals surface area contributed by atoms with E-state index in [1.54, 1.807) is 0 Å². The number of nitrogens with one attached hydrogen (secondary N) is 1. The average Bonchev–Trinajstić information content (AvgIpc) is 2.46. The molecule has 2 rings (SSSR count). The van der Waals surface area contributed by atoms with E-state index in [1.807, 2.05) is 4.98 Å². The van der Waals surface area contributed by atoms with Gasteiger partial charge in [-0.05, 0) is 6.92 Å². The van der Waals surface area contributed by atoms with Gasteiger partial charge in [0, 0.05) is 12.3 Å². The second kappa shape index (κ2) is 3.84. The van der Waals surface area contributed by atoms with E-state index in [4.69, 9.17) is 4.74 Å². The topological polar surface area (TPSA) is 84.3 Å². The molecule has 1 aromatic heterocycles. The molecule has 88 valence electrons. The van der Waals surface area contributed by atoms with Crippen molar-refractivity contribution < 1.29 is 14.2 Å². The zero-order valence-corrected chi connectivity index (χ0v) is 8.46. The van der Waals surface area contributed by atoms with Crippen molar-refractivity contribution in [2.24, 2.45) is 0 Å². The molecule has 1 fully saturated rings. The van der Waals surface area contributed by atoms with Crippen LogP contribution in [0.2, 0.25) is 0 Å². The number of hydrogen-bond acceptors (Lipinski definition) is 4. The quantitative estimate of drug-likeness (QED) is 0.658. The standard InChI is InChI=1S/C9H11FN2O4/c1-4-7(14)6(10)8(16-4)12-3-2-5(13)11-9(12)15/h2-4,6-8,14H,1H3,(H,11,13,15)/t4-,6+,7-,8-/m1/s1. The predicted molar refractivity (Wildman–Crippen MR) is 51.8 cm³/mol. The summed E-state index contributed by atoms with van der Waals surface area (Å²) in [5.74, 6) is 0. The predicted octanol–water partition coefficient (Wildman–Crippen LogP) is -0.847. The second-order valence-electron chi connectivity index (χ2n) is 3.68. The Hall–Kier alpha value is -1.47. The molecule has 2 N–H and O–H groups in total. The summed E-state index contributed by atoms with van der Waals surface area (Å²) in [6.45, 7) is 1.51. The van der Waals surface area contributed by atoms with Crippen LogP contribution in [-0.2, 0) is 4.74 Å². The van der Waals surface area contributed by atoms with Gasteiger partial charge >= 0.3 is 5.69 Å². The summed E-state index contributed by atoms with van der Waals surface area (Å²) >= 11 is 0. The van der Waals surface area contributed by atoms with Crippen LogP contribution < -0.4 is 11.2 Å². The third-order valence-electron chi connectivity index (χ3n) is 2.56. The molecule has 4 atom stereocenters. The Morgan fingerprint density at radius 2 is 2.25 bits per heavy atom. The number of halogens is 1. The van der Waals surface area contributed by atoms with Gasteiger partial charge in [-0.15, -0.1) is 0 Å². The average molecular weight is 230 g/mol. The first-order valence-electron chi connectivity index (χ1n) is 4.80. The van der Waals surface area contributed by atoms with Gasteiger partial charge < -0.3 is 9.84 Å². The molecular weight excluding hydrogens is 219 g/mol. The van der Waals surface area contributed by atoms with Gasteiger partial charge in [0.2, 0.25) is 0 Å². The maximum absolute atomic E-state index is 13.6. The van der Waals surface area contributed by atoms with Gasteiger partial charge in [-0.1, -0.05) is 0 Å². The van der Waals surface area contributed by atoms with Crippen molar-refractivity contribution in [2.75, 3.05) is 0 Å². The van der Waals surface area contributed by atoms with Crippen LogP contribution in [0.3, 0.4) is 0 Å². The second-order valence-corrected chi connectivity index (χ2v) is 3.68. The summed E-state index contributed by atoms with van der Waals surface area (Å²) in [5.41, 5.74) is -1.33. The summed E-state index contributed by atoms with van der Waals surface area (Å²) in [5, 5.41) is 9.36. The molecule has 0 radical (unpaired) electrons. The van der Waals surface area contributed by atoms with Gasteiger partial charge in [-0.25, -0.2) is 9.18 Å². The van der Waals surface area contributed by atoms with E-state index in [0.29, 0.717) is 0 Å². The fourth-order valence-corrected chi connectivity index (χ4v) is 1.65. The highest BCUT2D eigenvalue weighted by atomic mass is 19.1. The molecule has 0 bridgehead atoms. The maximum atomic E-state index is 13.6. The van der Waals surface area contributed by atoms with E-state index in [2.05, 4.69) is 0 Å². The largest absolute Gasteiger partial charge is 0.387 e. The maximum Gasteiger partial charge on any atom is 0.330 e. The molecule has 1 saturated heterocycles. The number of hydrogen-bond donors (Lipinski definition) is 2. The summed E-state index contributed by atoms with van der Waals surface area (Å²) in [7, 11) is 0. The Labute approximate surface area is 89.3 Å². The van der Waals surface area contributed by atoms with Crippen molar-refractivity contribution in [2.45, 2.75) is 31.5 Å². The first-order chi connectivity index (χ1) is 7.50. The van der Waals surface area contributed by atoms with Crippen LogP contribution in [0, 0.1) is 0 Å². The summed E-state index contributed by atoms with van der Waals surface area (Å²) < 4.78 is 19.6. The number of ether oxygens (including phenoxy) is 1. The summed E-state index contributed by atoms with van der Waals surface area (Å²) in [6.07, 6.45) is -3.72. The molecule has 6 nitrogen and oxygen atoms in total. The van der Waals surface area contributed by atoms with E-state index in [0.717, 1.165) is 16.8 Å². The molecular formula is C9H11FN2O4. The molecule has 1 aliphatic rings. The Kier molecular flexibility index (Phi) is 2.64. The minimum absolute atomic E-state index is 0.566. The number of aromatic nitrogens is 2. The number of aliphatic hydroxyl groups is 1. The molecule has 0 aliphatic carbocycles. The van der Waals surface area contributed by atoms with Crippen LogP contribution in [0.4, 0.5) is 4.39 Å². The number of nitrogens with zero attached hydrogens (tertiary/aromatic N) is 1. The van der Waals surface area contributed by atoms with Crippen molar-refractivity contribution >= 4 is 0 Å². The molecule has 0 unspecified atom stereocenters. The van der Waals surface area contributed by atoms with E-state index in [-0.39, 0.29) is 0 Å². The smallest absolute Gasteiger partial charge is 0.330 e. The first-order valence-corrected chi connectivity index (χ1v) is 4.80. The molecule has 0 aromatic carbocycles. The van der Waals surface area contributed by atoms with E-state index < -0.39 is 35.9 Å². The molecule has 0 spiro atoms. The van der Waals surface area contributed by atoms with Crippen LogP contribution >= 0.6 is 0 Å². The highest BCUT2D eigenvalue weighted by molar-refractivity contribution is 4.92. The summed E-state index contributed by atoms with van der Waals surface area (Å²) in [4.78, 5) is 24.2. The van der Waals surface area contributed by atoms with Gasteiger partial charge in [0.05, 0.1) is 6.10 Å². The van der Waals surface area contributed by atoms with Gasteiger partial charge in [0.1, 0.15) is 6.10 Å². The Morgan fingerprint density at radius 3 is 2.75 bits per heavy atom. The highest BCUT2D eigenvalue weighted by Gasteiger charge is 2.43. The van der Waals surface area contributed by atoms with Gasteiger partial charge in [-0.3, -0.25) is 14.3 Å². The lowest BCUT2D eigenvalue weighted by Crippen LogP contribution is -2.35. The fourth-order valence-electron chi connectivity index (χ4n) is 1.65. The lowest BCUT2D eigenvalue weighted by atomic mass is 10.2. The van der Waals surface area contributed by atoms with Crippen molar-refractivity contribution in [1.29, 1.82) is 0 Å². The Bertz CT molecular complexity index is 497.